The van der Waals surface area contributed by atoms with Crippen LogP contribution in [-0.4, -0.2) is 48.2 Å². The molecule has 3 rings (SSSR count). The van der Waals surface area contributed by atoms with E-state index in [2.05, 4.69) is 6.58 Å². The third-order valence-electron chi connectivity index (χ3n) is 6.00. The van der Waals surface area contributed by atoms with E-state index in [4.69, 9.17) is 9.47 Å². The second-order valence-electron chi connectivity index (χ2n) is 8.26. The van der Waals surface area contributed by atoms with Gasteiger partial charge in [-0.1, -0.05) is 31.4 Å². The molecule has 2 amide bonds. The second kappa shape index (κ2) is 9.44. The van der Waals surface area contributed by atoms with Gasteiger partial charge in [-0.15, -0.1) is 6.58 Å². The minimum atomic E-state index is -0.958. The smallest absolute Gasteiger partial charge is 0.229 e. The average molecular weight is 402 g/mol. The van der Waals surface area contributed by atoms with E-state index in [0.29, 0.717) is 24.3 Å². The number of rotatable bonds is 8. The number of methoxy groups -OCH3 is 1. The summed E-state index contributed by atoms with van der Waals surface area (Å²) in [6, 6.07) is 5.56. The van der Waals surface area contributed by atoms with Gasteiger partial charge in [0.25, 0.3) is 0 Å². The Bertz CT molecular complexity index is 734. The zero-order chi connectivity index (χ0) is 20.9. The summed E-state index contributed by atoms with van der Waals surface area (Å²) in [4.78, 5) is 26.4. The van der Waals surface area contributed by atoms with Crippen LogP contribution in [0.5, 0.6) is 11.5 Å². The van der Waals surface area contributed by atoms with E-state index >= 15 is 0 Å². The third kappa shape index (κ3) is 5.18. The van der Waals surface area contributed by atoms with Gasteiger partial charge in [-0.05, 0) is 42.4 Å². The minimum absolute atomic E-state index is 0.0284. The summed E-state index contributed by atoms with van der Waals surface area (Å²) in [6.45, 7) is 3.66. The van der Waals surface area contributed by atoms with Gasteiger partial charge in [0.05, 0.1) is 13.7 Å². The van der Waals surface area contributed by atoms with E-state index in [1.807, 2.05) is 18.2 Å². The number of benzene rings is 1. The van der Waals surface area contributed by atoms with Crippen LogP contribution in [0.25, 0.3) is 0 Å². The van der Waals surface area contributed by atoms with E-state index in [0.717, 1.165) is 37.7 Å². The number of amides is 2. The zero-order valence-electron chi connectivity index (χ0n) is 17.2. The summed E-state index contributed by atoms with van der Waals surface area (Å²) in [5.41, 5.74) is 0.899. The standard InChI is InChI=1S/C23H31NO5/c1-3-7-17-8-9-19(20(12-17)28-2)29-16-18(25)15-24-21(26)13-23(14-22(24)27)10-5-4-6-11-23/h3,8-9,12,18,25H,1,4-7,10-11,13-16H2,2H3/t18-/m1/s1. The summed E-state index contributed by atoms with van der Waals surface area (Å²) in [5, 5.41) is 10.4. The predicted molar refractivity (Wildman–Crippen MR) is 110 cm³/mol. The molecule has 1 N–H and O–H groups in total. The molecule has 1 heterocycles. The number of carbonyl (C=O) groups excluding carboxylic acids is 2. The molecule has 6 nitrogen and oxygen atoms in total. The van der Waals surface area contributed by atoms with Crippen molar-refractivity contribution in [2.45, 2.75) is 57.5 Å². The number of aliphatic hydroxyl groups excluding tert-OH is 1. The highest BCUT2D eigenvalue weighted by Gasteiger charge is 2.44. The Morgan fingerprint density at radius 2 is 1.86 bits per heavy atom. The molecule has 158 valence electrons. The van der Waals surface area contributed by atoms with Crippen molar-refractivity contribution in [3.63, 3.8) is 0 Å². The van der Waals surface area contributed by atoms with Gasteiger partial charge in [-0.25, -0.2) is 0 Å². The molecule has 1 aliphatic carbocycles. The number of carbonyl (C=O) groups is 2. The van der Waals surface area contributed by atoms with Gasteiger partial charge in [0.2, 0.25) is 11.8 Å². The monoisotopic (exact) mass is 401 g/mol. The number of hydrogen-bond acceptors (Lipinski definition) is 5. The molecule has 2 fully saturated rings. The Balaban J connectivity index is 1.55. The van der Waals surface area contributed by atoms with Crippen molar-refractivity contribution < 1.29 is 24.2 Å². The van der Waals surface area contributed by atoms with Gasteiger partial charge < -0.3 is 14.6 Å². The number of imide groups is 1. The lowest BCUT2D eigenvalue weighted by atomic mass is 9.67. The molecular formula is C23H31NO5. The first-order valence-electron chi connectivity index (χ1n) is 10.4. The summed E-state index contributed by atoms with van der Waals surface area (Å²) >= 11 is 0. The predicted octanol–water partition coefficient (Wildman–Crippen LogP) is 3.26. The molecule has 6 heteroatoms. The molecular weight excluding hydrogens is 370 g/mol. The van der Waals surface area contributed by atoms with Crippen LogP contribution in [0.15, 0.2) is 30.9 Å². The molecule has 1 aromatic carbocycles. The van der Waals surface area contributed by atoms with Crippen molar-refractivity contribution in [3.8, 4) is 11.5 Å². The van der Waals surface area contributed by atoms with Gasteiger partial charge in [-0.2, -0.15) is 0 Å². The maximum absolute atomic E-state index is 12.6. The lowest BCUT2D eigenvalue weighted by Gasteiger charge is -2.42. The molecule has 0 aromatic heterocycles. The molecule has 1 atom stereocenters. The Kier molecular flexibility index (Phi) is 6.96. The second-order valence-corrected chi connectivity index (χ2v) is 8.26. The van der Waals surface area contributed by atoms with E-state index < -0.39 is 6.10 Å². The Morgan fingerprint density at radius 1 is 1.17 bits per heavy atom. The lowest BCUT2D eigenvalue weighted by molar-refractivity contribution is -0.156. The first-order valence-corrected chi connectivity index (χ1v) is 10.4. The number of aliphatic hydroxyl groups is 1. The van der Waals surface area contributed by atoms with Crippen molar-refractivity contribution >= 4 is 11.8 Å². The molecule has 1 saturated carbocycles. The molecule has 1 saturated heterocycles. The number of nitrogens with zero attached hydrogens (tertiary/aromatic N) is 1. The molecule has 1 aliphatic heterocycles. The highest BCUT2D eigenvalue weighted by atomic mass is 16.5. The highest BCUT2D eigenvalue weighted by molar-refractivity contribution is 5.98. The van der Waals surface area contributed by atoms with E-state index in [1.54, 1.807) is 13.2 Å². The van der Waals surface area contributed by atoms with Crippen LogP contribution in [0.3, 0.4) is 0 Å². The molecule has 29 heavy (non-hydrogen) atoms. The number of hydrogen-bond donors (Lipinski definition) is 1. The minimum Gasteiger partial charge on any atom is -0.493 e. The van der Waals surface area contributed by atoms with Crippen LogP contribution in [-0.2, 0) is 16.0 Å². The van der Waals surface area contributed by atoms with Crippen LogP contribution in [0, 0.1) is 5.41 Å². The molecule has 0 unspecified atom stereocenters. The Labute approximate surface area is 172 Å². The van der Waals surface area contributed by atoms with Gasteiger partial charge in [0, 0.05) is 12.8 Å². The van der Waals surface area contributed by atoms with E-state index in [-0.39, 0.29) is 30.4 Å². The fraction of sp³-hybridized carbons (Fsp3) is 0.565. The Morgan fingerprint density at radius 3 is 2.48 bits per heavy atom. The number of likely N-dealkylation sites (tertiary alicyclic amines) is 1. The average Bonchev–Trinajstić information content (AvgIpc) is 2.70. The largest absolute Gasteiger partial charge is 0.493 e. The first kappa shape index (κ1) is 21.4. The van der Waals surface area contributed by atoms with Gasteiger partial charge in [0.1, 0.15) is 12.7 Å². The van der Waals surface area contributed by atoms with Crippen molar-refractivity contribution in [2.24, 2.45) is 5.41 Å². The fourth-order valence-corrected chi connectivity index (χ4v) is 4.47. The number of ether oxygens (including phenoxy) is 2. The zero-order valence-corrected chi connectivity index (χ0v) is 17.2. The van der Waals surface area contributed by atoms with Crippen molar-refractivity contribution in [3.05, 3.63) is 36.4 Å². The maximum atomic E-state index is 12.6. The normalized spacial score (nSPS) is 19.9. The number of allylic oxidation sites excluding steroid dienone is 1. The van der Waals surface area contributed by atoms with Crippen molar-refractivity contribution in [1.82, 2.24) is 4.90 Å². The number of β-amino-alcohol motifs (C(OH)–C–C–N with tert-alkyl or cyclic N) is 1. The van der Waals surface area contributed by atoms with Crippen LogP contribution >= 0.6 is 0 Å². The first-order chi connectivity index (χ1) is 14.0. The van der Waals surface area contributed by atoms with E-state index in [1.165, 1.54) is 11.3 Å². The molecule has 2 aliphatic rings. The lowest BCUT2D eigenvalue weighted by Crippen LogP contribution is -2.51. The van der Waals surface area contributed by atoms with Crippen LogP contribution in [0.4, 0.5) is 0 Å². The van der Waals surface area contributed by atoms with Gasteiger partial charge in [0.15, 0.2) is 11.5 Å². The summed E-state index contributed by atoms with van der Waals surface area (Å²) in [7, 11) is 1.56. The summed E-state index contributed by atoms with van der Waals surface area (Å²) in [6.07, 6.45) is 7.65. The van der Waals surface area contributed by atoms with Gasteiger partial charge in [-0.3, -0.25) is 14.5 Å². The molecule has 0 bridgehead atoms. The number of piperidine rings is 1. The molecule has 0 radical (unpaired) electrons. The van der Waals surface area contributed by atoms with Crippen LogP contribution < -0.4 is 9.47 Å². The van der Waals surface area contributed by atoms with Crippen molar-refractivity contribution in [1.29, 1.82) is 0 Å². The summed E-state index contributed by atoms with van der Waals surface area (Å²) < 4.78 is 11.0. The quantitative estimate of drug-likeness (QED) is 0.534. The maximum Gasteiger partial charge on any atom is 0.229 e. The van der Waals surface area contributed by atoms with Crippen molar-refractivity contribution in [2.75, 3.05) is 20.3 Å². The van der Waals surface area contributed by atoms with Gasteiger partial charge >= 0.3 is 0 Å². The van der Waals surface area contributed by atoms with E-state index in [9.17, 15) is 14.7 Å². The summed E-state index contributed by atoms with van der Waals surface area (Å²) in [5.74, 6) is 0.736. The van der Waals surface area contributed by atoms with Crippen LogP contribution in [0.1, 0.15) is 50.5 Å². The SMILES string of the molecule is C=CCc1ccc(OC[C@H](O)CN2C(=O)CC3(CCCCC3)CC2=O)c(OC)c1. The topological polar surface area (TPSA) is 76.1 Å². The Hall–Kier alpha value is -2.34. The third-order valence-corrected chi connectivity index (χ3v) is 6.00. The fourth-order valence-electron chi connectivity index (χ4n) is 4.47. The highest BCUT2D eigenvalue weighted by Crippen LogP contribution is 2.45. The molecule has 1 aromatic rings. The van der Waals surface area contributed by atoms with Crippen LogP contribution in [0.2, 0.25) is 0 Å². The molecule has 1 spiro atoms.